The van der Waals surface area contributed by atoms with Crippen LogP contribution in [0.25, 0.3) is 11.0 Å². The van der Waals surface area contributed by atoms with Gasteiger partial charge in [-0.25, -0.2) is 8.75 Å². The molecule has 0 amide bonds. The molecule has 0 unspecified atom stereocenters. The number of benzene rings is 1. The van der Waals surface area contributed by atoms with E-state index < -0.39 is 0 Å². The van der Waals surface area contributed by atoms with Gasteiger partial charge in [0.15, 0.2) is 0 Å². The zero-order valence-electron chi connectivity index (χ0n) is 4.94. The van der Waals surface area contributed by atoms with Gasteiger partial charge in [0.05, 0.1) is 11.7 Å². The smallest absolute Gasteiger partial charge is 0.0533 e. The molecule has 0 saturated heterocycles. The first-order valence-corrected chi connectivity index (χ1v) is 3.28. The van der Waals surface area contributed by atoms with Gasteiger partial charge in [-0.05, 0) is 11.0 Å². The molecule has 0 aliphatic carbocycles. The molecule has 0 spiro atoms. The predicted octanol–water partition coefficient (Wildman–Crippen LogP) is 1.49. The molecule has 50 valence electrons. The molecule has 0 fully saturated rings. The van der Waals surface area contributed by atoms with Crippen molar-refractivity contribution in [1.82, 2.24) is 8.75 Å². The van der Waals surface area contributed by atoms with Crippen molar-refractivity contribution in [2.45, 2.75) is 0 Å². The largest absolute Gasteiger partial charge is 0.240 e. The summed E-state index contributed by atoms with van der Waals surface area (Å²) < 4.78 is 8.05. The molecule has 0 aliphatic heterocycles. The number of hydrogen-bond acceptors (Lipinski definition) is 3. The van der Waals surface area contributed by atoms with Crippen LogP contribution in [-0.2, 0) is 21.1 Å². The zero-order valence-corrected chi connectivity index (χ0v) is 8.69. The second-order valence-corrected chi connectivity index (χ2v) is 2.21. The summed E-state index contributed by atoms with van der Waals surface area (Å²) in [4.78, 5) is 0. The Kier molecular flexibility index (Phi) is 2.52. The molecule has 0 bridgehead atoms. The van der Waals surface area contributed by atoms with Crippen LogP contribution in [0.4, 0.5) is 0 Å². The molecule has 2 nitrogen and oxygen atoms in total. The van der Waals surface area contributed by atoms with Crippen LogP contribution in [0.5, 0.6) is 0 Å². The van der Waals surface area contributed by atoms with Gasteiger partial charge in [-0.15, -0.1) is 12.1 Å². The molecule has 0 saturated carbocycles. The summed E-state index contributed by atoms with van der Waals surface area (Å²) in [6.07, 6.45) is 0. The molecular formula is C6H3N2SW-. The molecule has 2 rings (SSSR count). The monoisotopic (exact) mass is 319 g/mol. The first-order valence-electron chi connectivity index (χ1n) is 2.55. The maximum Gasteiger partial charge on any atom is 0.0533 e. The average molecular weight is 319 g/mol. The van der Waals surface area contributed by atoms with E-state index in [1.165, 1.54) is 11.7 Å². The van der Waals surface area contributed by atoms with Gasteiger partial charge >= 0.3 is 0 Å². The average Bonchev–Trinajstić information content (AvgIpc) is 2.33. The Labute approximate surface area is 76.9 Å². The quantitative estimate of drug-likeness (QED) is 0.688. The van der Waals surface area contributed by atoms with Gasteiger partial charge in [0, 0.05) is 21.1 Å². The molecule has 0 aliphatic rings. The minimum absolute atomic E-state index is 0. The number of aromatic nitrogens is 2. The maximum absolute atomic E-state index is 4.03. The summed E-state index contributed by atoms with van der Waals surface area (Å²) >= 11 is 1.23. The van der Waals surface area contributed by atoms with E-state index in [2.05, 4.69) is 14.8 Å². The van der Waals surface area contributed by atoms with Crippen LogP contribution in [0, 0.1) is 6.07 Å². The van der Waals surface area contributed by atoms with Crippen LogP contribution in [0.1, 0.15) is 0 Å². The van der Waals surface area contributed by atoms with Crippen molar-refractivity contribution < 1.29 is 21.1 Å². The van der Waals surface area contributed by atoms with Crippen LogP contribution in [-0.4, -0.2) is 8.75 Å². The Bertz CT molecular complexity index is 290. The van der Waals surface area contributed by atoms with Crippen molar-refractivity contribution in [1.29, 1.82) is 0 Å². The molecule has 0 radical (unpaired) electrons. The summed E-state index contributed by atoms with van der Waals surface area (Å²) in [6, 6.07) is 8.50. The number of rotatable bonds is 0. The molecule has 4 heteroatoms. The third-order valence-electron chi connectivity index (χ3n) is 1.10. The van der Waals surface area contributed by atoms with Crippen molar-refractivity contribution >= 4 is 22.8 Å². The van der Waals surface area contributed by atoms with Crippen LogP contribution in [0.2, 0.25) is 0 Å². The first kappa shape index (κ1) is 7.83. The fraction of sp³-hybridized carbons (Fsp3) is 0. The molecular weight excluding hydrogens is 316 g/mol. The summed E-state index contributed by atoms with van der Waals surface area (Å²) in [5, 5.41) is 0. The Balaban J connectivity index is 0.000000500. The minimum atomic E-state index is 0. The van der Waals surface area contributed by atoms with Gasteiger partial charge in [0.25, 0.3) is 0 Å². The van der Waals surface area contributed by atoms with Crippen LogP contribution in [0.15, 0.2) is 18.2 Å². The molecule has 10 heavy (non-hydrogen) atoms. The topological polar surface area (TPSA) is 25.8 Å². The fourth-order valence-electron chi connectivity index (χ4n) is 0.672. The molecule has 1 aromatic carbocycles. The second-order valence-electron chi connectivity index (χ2n) is 1.68. The van der Waals surface area contributed by atoms with E-state index in [0.29, 0.717) is 0 Å². The maximum atomic E-state index is 4.03. The summed E-state index contributed by atoms with van der Waals surface area (Å²) in [5.74, 6) is 0. The van der Waals surface area contributed by atoms with Gasteiger partial charge in [-0.1, -0.05) is 0 Å². The van der Waals surface area contributed by atoms with E-state index in [1.807, 2.05) is 18.2 Å². The van der Waals surface area contributed by atoms with E-state index in [1.54, 1.807) is 0 Å². The summed E-state index contributed by atoms with van der Waals surface area (Å²) in [6.45, 7) is 0. The van der Waals surface area contributed by atoms with E-state index in [9.17, 15) is 0 Å². The van der Waals surface area contributed by atoms with Gasteiger partial charge in [0.1, 0.15) is 0 Å². The van der Waals surface area contributed by atoms with E-state index in [-0.39, 0.29) is 21.1 Å². The second kappa shape index (κ2) is 3.22. The first-order chi connectivity index (χ1) is 4.47. The van der Waals surface area contributed by atoms with Crippen LogP contribution < -0.4 is 0 Å². The van der Waals surface area contributed by atoms with E-state index in [4.69, 9.17) is 0 Å². The molecule has 0 N–H and O–H groups in total. The fourth-order valence-corrected chi connectivity index (χ4v) is 1.19. The van der Waals surface area contributed by atoms with Gasteiger partial charge in [-0.3, -0.25) is 0 Å². The SMILES string of the molecule is [W].[c-]1ccc2nsnc2c1. The summed E-state index contributed by atoms with van der Waals surface area (Å²) in [5.41, 5.74) is 1.89. The van der Waals surface area contributed by atoms with Crippen LogP contribution >= 0.6 is 11.7 Å². The van der Waals surface area contributed by atoms with E-state index in [0.717, 1.165) is 11.0 Å². The predicted molar refractivity (Wildman–Crippen MR) is 36.3 cm³/mol. The van der Waals surface area contributed by atoms with Crippen molar-refractivity contribution in [3.05, 3.63) is 24.3 Å². The van der Waals surface area contributed by atoms with E-state index >= 15 is 0 Å². The molecule has 0 atom stereocenters. The van der Waals surface area contributed by atoms with Crippen molar-refractivity contribution in [2.24, 2.45) is 0 Å². The summed E-state index contributed by atoms with van der Waals surface area (Å²) in [7, 11) is 0. The minimum Gasteiger partial charge on any atom is -0.240 e. The number of hydrogen-bond donors (Lipinski definition) is 0. The zero-order chi connectivity index (χ0) is 6.10. The normalized spacial score (nSPS) is 9.20. The van der Waals surface area contributed by atoms with Crippen molar-refractivity contribution in [3.63, 3.8) is 0 Å². The molecule has 1 heterocycles. The third-order valence-corrected chi connectivity index (χ3v) is 1.65. The third kappa shape index (κ3) is 1.25. The number of fused-ring (bicyclic) bond motifs is 1. The Morgan fingerprint density at radius 1 is 1.30 bits per heavy atom. The molecule has 1 aromatic heterocycles. The van der Waals surface area contributed by atoms with Crippen molar-refractivity contribution in [3.8, 4) is 0 Å². The Morgan fingerprint density at radius 3 is 2.90 bits per heavy atom. The van der Waals surface area contributed by atoms with Gasteiger partial charge < -0.3 is 0 Å². The molecule has 2 aromatic rings. The van der Waals surface area contributed by atoms with Gasteiger partial charge in [0.2, 0.25) is 0 Å². The van der Waals surface area contributed by atoms with Gasteiger partial charge in [-0.2, -0.15) is 12.1 Å². The standard InChI is InChI=1S/C6H3N2S.W/c1-2-4-6-5(3-1)7-9-8-6;/h1,3-4H;/q-1;. The Morgan fingerprint density at radius 2 is 2.10 bits per heavy atom. The van der Waals surface area contributed by atoms with Crippen LogP contribution in [0.3, 0.4) is 0 Å². The Hall–Kier alpha value is -0.272. The number of nitrogens with zero attached hydrogens (tertiary/aromatic N) is 2. The van der Waals surface area contributed by atoms with Crippen molar-refractivity contribution in [2.75, 3.05) is 0 Å².